The molecular weight excluding hydrogens is 600 g/mol. The molecule has 2 aromatic heterocycles. The fourth-order valence-electron chi connectivity index (χ4n) is 6.30. The molecule has 1 N–H and O–H groups in total. The van der Waals surface area contributed by atoms with Crippen LogP contribution in [-0.4, -0.2) is 83.0 Å². The lowest BCUT2D eigenvalue weighted by Gasteiger charge is -2.36. The lowest BCUT2D eigenvalue weighted by Crippen LogP contribution is -2.47. The maximum Gasteiger partial charge on any atom is 0.235 e. The summed E-state index contributed by atoms with van der Waals surface area (Å²) in [4.78, 5) is 33.7. The maximum absolute atomic E-state index is 12.4. The first-order valence-electron chi connectivity index (χ1n) is 15.0. The van der Waals surface area contributed by atoms with E-state index in [1.807, 2.05) is 31.3 Å². The number of amides is 2. The van der Waals surface area contributed by atoms with E-state index in [-0.39, 0.29) is 17.9 Å². The van der Waals surface area contributed by atoms with Crippen molar-refractivity contribution in [3.63, 3.8) is 0 Å². The zero-order valence-corrected chi connectivity index (χ0v) is 25.9. The molecule has 1 atom stereocenters. The van der Waals surface area contributed by atoms with Crippen LogP contribution in [-0.2, 0) is 21.4 Å². The van der Waals surface area contributed by atoms with Gasteiger partial charge in [-0.2, -0.15) is 5.10 Å². The molecule has 11 heteroatoms. The van der Waals surface area contributed by atoms with Gasteiger partial charge in [0, 0.05) is 61.6 Å². The standard InChI is InChI=1S/C31H39BrN6O4/c1-20-25(32)4-3-5-26(20)42-22-8-6-21(7-9-22)41-19-18-37-14-16-38(17-15-37)27-12-10-23-29(35-36(2)30(23)33-27)24-11-13-28(39)34-31(24)40/h3-5,10,12,21-22,24H,6-9,11,13-19H2,1-2H3,(H,34,39,40). The number of hydrogen-bond donors (Lipinski definition) is 1. The monoisotopic (exact) mass is 638 g/mol. The molecule has 224 valence electrons. The molecule has 2 aliphatic heterocycles. The number of nitrogens with one attached hydrogen (secondary N) is 1. The summed E-state index contributed by atoms with van der Waals surface area (Å²) in [6.45, 7) is 7.49. The third kappa shape index (κ3) is 6.33. The molecule has 1 saturated carbocycles. The average molecular weight is 640 g/mol. The summed E-state index contributed by atoms with van der Waals surface area (Å²) < 4.78 is 15.4. The van der Waals surface area contributed by atoms with Gasteiger partial charge in [-0.15, -0.1) is 0 Å². The van der Waals surface area contributed by atoms with Crippen LogP contribution in [0.25, 0.3) is 11.0 Å². The highest BCUT2D eigenvalue weighted by molar-refractivity contribution is 9.10. The molecule has 4 heterocycles. The van der Waals surface area contributed by atoms with Crippen molar-refractivity contribution < 1.29 is 19.1 Å². The van der Waals surface area contributed by atoms with Gasteiger partial charge in [-0.25, -0.2) is 4.98 Å². The van der Waals surface area contributed by atoms with E-state index < -0.39 is 5.92 Å². The smallest absolute Gasteiger partial charge is 0.235 e. The SMILES string of the molecule is Cc1c(Br)cccc1OC1CCC(OCCN2CCN(c3ccc4c(C5CCC(=O)NC5=O)nn(C)c4n3)CC2)CC1. The summed E-state index contributed by atoms with van der Waals surface area (Å²) in [6.07, 6.45) is 5.52. The first kappa shape index (κ1) is 29.1. The molecule has 6 rings (SSSR count). The van der Waals surface area contributed by atoms with Gasteiger partial charge >= 0.3 is 0 Å². The summed E-state index contributed by atoms with van der Waals surface area (Å²) in [6, 6.07) is 10.2. The van der Waals surface area contributed by atoms with Gasteiger partial charge in [0.05, 0.1) is 30.4 Å². The topological polar surface area (TPSA) is 102 Å². The molecule has 1 unspecified atom stereocenters. The Hall–Kier alpha value is -3.02. The van der Waals surface area contributed by atoms with Gasteiger partial charge in [0.25, 0.3) is 0 Å². The van der Waals surface area contributed by atoms with Crippen LogP contribution in [0.1, 0.15) is 55.7 Å². The third-order valence-corrected chi connectivity index (χ3v) is 9.72. The van der Waals surface area contributed by atoms with Crippen molar-refractivity contribution in [2.45, 2.75) is 63.6 Å². The number of rotatable bonds is 8. The van der Waals surface area contributed by atoms with E-state index in [1.165, 1.54) is 0 Å². The van der Waals surface area contributed by atoms with Crippen LogP contribution in [0.4, 0.5) is 5.82 Å². The van der Waals surface area contributed by atoms with Crippen molar-refractivity contribution >= 4 is 44.6 Å². The predicted molar refractivity (Wildman–Crippen MR) is 164 cm³/mol. The fourth-order valence-corrected chi connectivity index (χ4v) is 6.64. The minimum absolute atomic E-state index is 0.219. The molecule has 3 aliphatic rings. The van der Waals surface area contributed by atoms with Gasteiger partial charge in [-0.3, -0.25) is 24.5 Å². The van der Waals surface area contributed by atoms with E-state index in [2.05, 4.69) is 49.1 Å². The van der Waals surface area contributed by atoms with Crippen molar-refractivity contribution in [2.75, 3.05) is 44.2 Å². The normalized spacial score (nSPS) is 23.8. The molecule has 0 spiro atoms. The Balaban J connectivity index is 0.947. The number of anilines is 1. The molecule has 42 heavy (non-hydrogen) atoms. The van der Waals surface area contributed by atoms with Crippen LogP contribution >= 0.6 is 15.9 Å². The molecule has 2 saturated heterocycles. The quantitative estimate of drug-likeness (QED) is 0.368. The van der Waals surface area contributed by atoms with E-state index in [0.29, 0.717) is 24.6 Å². The second-order valence-corrected chi connectivity index (χ2v) is 12.5. The van der Waals surface area contributed by atoms with Crippen LogP contribution in [0, 0.1) is 6.92 Å². The number of piperidine rings is 1. The largest absolute Gasteiger partial charge is 0.490 e. The van der Waals surface area contributed by atoms with E-state index in [0.717, 1.165) is 97.7 Å². The Morgan fingerprint density at radius 3 is 2.52 bits per heavy atom. The van der Waals surface area contributed by atoms with Crippen molar-refractivity contribution in [1.82, 2.24) is 25.0 Å². The first-order valence-corrected chi connectivity index (χ1v) is 15.8. The number of fused-ring (bicyclic) bond motifs is 1. The second kappa shape index (κ2) is 12.7. The molecule has 3 fully saturated rings. The Morgan fingerprint density at radius 2 is 1.76 bits per heavy atom. The van der Waals surface area contributed by atoms with E-state index in [9.17, 15) is 9.59 Å². The summed E-state index contributed by atoms with van der Waals surface area (Å²) in [5.41, 5.74) is 2.61. The van der Waals surface area contributed by atoms with Crippen LogP contribution in [0.3, 0.4) is 0 Å². The fraction of sp³-hybridized carbons (Fsp3) is 0.548. The number of halogens is 1. The predicted octanol–water partition coefficient (Wildman–Crippen LogP) is 4.09. The lowest BCUT2D eigenvalue weighted by atomic mass is 9.93. The zero-order valence-electron chi connectivity index (χ0n) is 24.4. The van der Waals surface area contributed by atoms with Crippen molar-refractivity contribution in [3.05, 3.63) is 46.1 Å². The molecule has 1 aliphatic carbocycles. The number of carbonyl (C=O) groups is 2. The summed E-state index contributed by atoms with van der Waals surface area (Å²) in [5, 5.41) is 7.93. The molecule has 0 radical (unpaired) electrons. The number of benzene rings is 1. The number of imide groups is 1. The summed E-state index contributed by atoms with van der Waals surface area (Å²) in [7, 11) is 1.86. The lowest BCUT2D eigenvalue weighted by molar-refractivity contribution is -0.134. The number of nitrogens with zero attached hydrogens (tertiary/aromatic N) is 5. The van der Waals surface area contributed by atoms with Crippen molar-refractivity contribution in [3.8, 4) is 5.75 Å². The Labute approximate surface area is 254 Å². The number of carbonyl (C=O) groups excluding carboxylic acids is 2. The Kier molecular flexibility index (Phi) is 8.78. The van der Waals surface area contributed by atoms with E-state index in [4.69, 9.17) is 14.5 Å². The summed E-state index contributed by atoms with van der Waals surface area (Å²) >= 11 is 3.59. The van der Waals surface area contributed by atoms with E-state index in [1.54, 1.807) is 4.68 Å². The number of piperazine rings is 1. The van der Waals surface area contributed by atoms with Crippen molar-refractivity contribution in [2.24, 2.45) is 7.05 Å². The highest BCUT2D eigenvalue weighted by Crippen LogP contribution is 2.32. The van der Waals surface area contributed by atoms with Gasteiger partial charge in [-0.05, 0) is 63.3 Å². The van der Waals surface area contributed by atoms with Gasteiger partial charge in [0.2, 0.25) is 11.8 Å². The third-order valence-electron chi connectivity index (χ3n) is 8.86. The van der Waals surface area contributed by atoms with E-state index >= 15 is 0 Å². The van der Waals surface area contributed by atoms with Gasteiger partial charge in [0.1, 0.15) is 11.6 Å². The highest BCUT2D eigenvalue weighted by Gasteiger charge is 2.32. The maximum atomic E-state index is 12.4. The second-order valence-electron chi connectivity index (χ2n) is 11.6. The van der Waals surface area contributed by atoms with Gasteiger partial charge in [-0.1, -0.05) is 22.0 Å². The molecule has 0 bridgehead atoms. The van der Waals surface area contributed by atoms with Crippen LogP contribution < -0.4 is 15.0 Å². The first-order chi connectivity index (χ1) is 20.4. The average Bonchev–Trinajstić information content (AvgIpc) is 3.32. The molecular formula is C31H39BrN6O4. The summed E-state index contributed by atoms with van der Waals surface area (Å²) in [5.74, 6) is 0.981. The molecule has 1 aromatic carbocycles. The number of ether oxygens (including phenoxy) is 2. The minimum Gasteiger partial charge on any atom is -0.490 e. The number of aromatic nitrogens is 3. The molecule has 3 aromatic rings. The Bertz CT molecular complexity index is 1440. The molecule has 10 nitrogen and oxygen atoms in total. The van der Waals surface area contributed by atoms with Crippen LogP contribution in [0.15, 0.2) is 34.8 Å². The number of hydrogen-bond acceptors (Lipinski definition) is 8. The highest BCUT2D eigenvalue weighted by atomic mass is 79.9. The molecule has 2 amide bonds. The number of pyridine rings is 1. The zero-order chi connectivity index (χ0) is 29.2. The Morgan fingerprint density at radius 1 is 1.00 bits per heavy atom. The van der Waals surface area contributed by atoms with Gasteiger partial charge < -0.3 is 14.4 Å². The minimum atomic E-state index is -0.422. The van der Waals surface area contributed by atoms with Gasteiger partial charge in [0.15, 0.2) is 5.65 Å². The van der Waals surface area contributed by atoms with Crippen LogP contribution in [0.5, 0.6) is 5.75 Å². The van der Waals surface area contributed by atoms with Crippen molar-refractivity contribution in [1.29, 1.82) is 0 Å². The van der Waals surface area contributed by atoms with Crippen LogP contribution in [0.2, 0.25) is 0 Å². The number of aryl methyl sites for hydroxylation is 1.